The van der Waals surface area contributed by atoms with Gasteiger partial charge in [-0.3, -0.25) is 4.79 Å². The van der Waals surface area contributed by atoms with Crippen LogP contribution in [-0.4, -0.2) is 44.5 Å². The molecule has 0 spiro atoms. The van der Waals surface area contributed by atoms with Crippen molar-refractivity contribution in [2.45, 2.75) is 6.10 Å². The number of carbonyl (C=O) groups excluding carboxylic acids is 1. The van der Waals surface area contributed by atoms with E-state index in [4.69, 9.17) is 15.2 Å². The summed E-state index contributed by atoms with van der Waals surface area (Å²) in [6.45, 7) is 0.281. The molecule has 114 valence electrons. The summed E-state index contributed by atoms with van der Waals surface area (Å²) in [5.74, 6) is 0.411. The van der Waals surface area contributed by atoms with Gasteiger partial charge in [0, 0.05) is 23.7 Å². The van der Waals surface area contributed by atoms with Gasteiger partial charge < -0.3 is 25.6 Å². The summed E-state index contributed by atoms with van der Waals surface area (Å²) in [6.07, 6.45) is -0.741. The second kappa shape index (κ2) is 6.75. The number of hydrogen-bond acceptors (Lipinski definition) is 6. The zero-order valence-corrected chi connectivity index (χ0v) is 12.7. The molecule has 1 amide bonds. The van der Waals surface area contributed by atoms with Crippen molar-refractivity contribution < 1.29 is 19.4 Å². The van der Waals surface area contributed by atoms with Gasteiger partial charge in [-0.1, -0.05) is 0 Å². The molecular formula is C14H18N2O4S. The van der Waals surface area contributed by atoms with Crippen LogP contribution in [0.15, 0.2) is 18.2 Å². The number of benzene rings is 1. The molecule has 1 atom stereocenters. The maximum Gasteiger partial charge on any atom is 0.263 e. The number of nitrogens with one attached hydrogen (secondary N) is 1. The van der Waals surface area contributed by atoms with Crippen LogP contribution < -0.4 is 15.8 Å². The van der Waals surface area contributed by atoms with Crippen LogP contribution in [0.5, 0.6) is 5.75 Å². The zero-order valence-electron chi connectivity index (χ0n) is 11.9. The molecule has 2 aromatic rings. The lowest BCUT2D eigenvalue weighted by atomic mass is 10.2. The van der Waals surface area contributed by atoms with E-state index in [1.807, 2.05) is 12.1 Å². The first-order valence-electron chi connectivity index (χ1n) is 6.38. The lowest BCUT2D eigenvalue weighted by molar-refractivity contribution is 0.0611. The minimum absolute atomic E-state index is 0.115. The van der Waals surface area contributed by atoms with Gasteiger partial charge in [0.15, 0.2) is 0 Å². The molecule has 0 bridgehead atoms. The van der Waals surface area contributed by atoms with E-state index in [2.05, 4.69) is 5.32 Å². The van der Waals surface area contributed by atoms with Gasteiger partial charge in [0.25, 0.3) is 5.91 Å². The van der Waals surface area contributed by atoms with Crippen molar-refractivity contribution in [3.05, 3.63) is 23.1 Å². The number of aliphatic hydroxyl groups excluding tert-OH is 1. The third-order valence-corrected chi connectivity index (χ3v) is 4.17. The van der Waals surface area contributed by atoms with Gasteiger partial charge in [-0.15, -0.1) is 11.3 Å². The average molecular weight is 310 g/mol. The molecule has 1 aromatic heterocycles. The Morgan fingerprint density at radius 2 is 2.24 bits per heavy atom. The van der Waals surface area contributed by atoms with Gasteiger partial charge in [0.05, 0.1) is 25.5 Å². The molecule has 0 aliphatic heterocycles. The minimum atomic E-state index is -0.741. The monoisotopic (exact) mass is 310 g/mol. The van der Waals surface area contributed by atoms with Crippen LogP contribution in [0, 0.1) is 0 Å². The number of methoxy groups -OCH3 is 2. The van der Waals surface area contributed by atoms with Gasteiger partial charge in [-0.05, 0) is 18.2 Å². The number of anilines is 1. The number of fused-ring (bicyclic) bond motifs is 1. The fourth-order valence-corrected chi connectivity index (χ4v) is 3.00. The molecule has 2 rings (SSSR count). The van der Waals surface area contributed by atoms with Crippen LogP contribution in [0.1, 0.15) is 9.67 Å². The van der Waals surface area contributed by atoms with Crippen LogP contribution in [0.4, 0.5) is 5.69 Å². The molecule has 1 unspecified atom stereocenters. The molecule has 1 aromatic carbocycles. The second-order valence-electron chi connectivity index (χ2n) is 4.53. The van der Waals surface area contributed by atoms with Crippen molar-refractivity contribution in [3.8, 4) is 5.75 Å². The Labute approximate surface area is 126 Å². The first-order valence-corrected chi connectivity index (χ1v) is 7.19. The molecule has 0 radical (unpaired) electrons. The lowest BCUT2D eigenvalue weighted by Crippen LogP contribution is -2.34. The van der Waals surface area contributed by atoms with E-state index < -0.39 is 6.10 Å². The van der Waals surface area contributed by atoms with Crippen molar-refractivity contribution in [1.29, 1.82) is 0 Å². The van der Waals surface area contributed by atoms with Crippen molar-refractivity contribution >= 4 is 33.0 Å². The molecule has 0 saturated carbocycles. The second-order valence-corrected chi connectivity index (χ2v) is 5.58. The summed E-state index contributed by atoms with van der Waals surface area (Å²) in [4.78, 5) is 12.6. The van der Waals surface area contributed by atoms with Gasteiger partial charge in [0.1, 0.15) is 10.6 Å². The van der Waals surface area contributed by atoms with E-state index >= 15 is 0 Å². The molecule has 6 nitrogen and oxygen atoms in total. The Balaban J connectivity index is 2.17. The predicted octanol–water partition coefficient (Wildman–Crippen LogP) is 1.23. The molecule has 21 heavy (non-hydrogen) atoms. The third kappa shape index (κ3) is 3.44. The molecule has 0 saturated heterocycles. The van der Waals surface area contributed by atoms with Gasteiger partial charge in [0.2, 0.25) is 0 Å². The molecule has 7 heteroatoms. The molecule has 0 aliphatic rings. The van der Waals surface area contributed by atoms with Crippen LogP contribution in [0.3, 0.4) is 0 Å². The van der Waals surface area contributed by atoms with Crippen molar-refractivity contribution in [1.82, 2.24) is 5.32 Å². The van der Waals surface area contributed by atoms with Crippen molar-refractivity contribution in [3.63, 3.8) is 0 Å². The van der Waals surface area contributed by atoms with Crippen LogP contribution >= 0.6 is 11.3 Å². The number of aliphatic hydroxyl groups is 1. The van der Waals surface area contributed by atoms with Crippen LogP contribution in [0.2, 0.25) is 0 Å². The van der Waals surface area contributed by atoms with Gasteiger partial charge in [-0.25, -0.2) is 0 Å². The number of carbonyl (C=O) groups is 1. The number of rotatable bonds is 6. The normalized spacial score (nSPS) is 12.3. The highest BCUT2D eigenvalue weighted by Gasteiger charge is 2.17. The number of amides is 1. The summed E-state index contributed by atoms with van der Waals surface area (Å²) >= 11 is 1.30. The fourth-order valence-electron chi connectivity index (χ4n) is 1.93. The predicted molar refractivity (Wildman–Crippen MR) is 83.0 cm³/mol. The van der Waals surface area contributed by atoms with Crippen molar-refractivity contribution in [2.24, 2.45) is 0 Å². The van der Waals surface area contributed by atoms with Gasteiger partial charge >= 0.3 is 0 Å². The highest BCUT2D eigenvalue weighted by molar-refractivity contribution is 7.21. The molecule has 1 heterocycles. The third-order valence-electron chi connectivity index (χ3n) is 3.00. The van der Waals surface area contributed by atoms with E-state index in [0.717, 1.165) is 10.1 Å². The molecule has 4 N–H and O–H groups in total. The number of nitrogens with two attached hydrogens (primary N) is 1. The lowest BCUT2D eigenvalue weighted by Gasteiger charge is -2.10. The average Bonchev–Trinajstić information content (AvgIpc) is 2.81. The van der Waals surface area contributed by atoms with Crippen LogP contribution in [0.25, 0.3) is 10.1 Å². The molecule has 0 aliphatic carbocycles. The Morgan fingerprint density at radius 1 is 1.48 bits per heavy atom. The zero-order chi connectivity index (χ0) is 15.4. The number of nitrogen functional groups attached to an aromatic ring is 1. The Morgan fingerprint density at radius 3 is 2.90 bits per heavy atom. The summed E-state index contributed by atoms with van der Waals surface area (Å²) in [6, 6.07) is 5.47. The minimum Gasteiger partial charge on any atom is -0.497 e. The quantitative estimate of drug-likeness (QED) is 0.746. The number of ether oxygens (including phenoxy) is 2. The van der Waals surface area contributed by atoms with E-state index in [-0.39, 0.29) is 19.1 Å². The molecular weight excluding hydrogens is 292 g/mol. The Hall–Kier alpha value is -1.83. The van der Waals surface area contributed by atoms with E-state index in [9.17, 15) is 9.90 Å². The summed E-state index contributed by atoms with van der Waals surface area (Å²) in [5.41, 5.74) is 6.46. The number of hydrogen-bond donors (Lipinski definition) is 3. The van der Waals surface area contributed by atoms with Crippen LogP contribution in [-0.2, 0) is 4.74 Å². The Bertz CT molecular complexity index is 641. The maximum absolute atomic E-state index is 12.1. The SMILES string of the molecule is COCC(O)CNC(=O)c1sc2cc(OC)ccc2c1N. The standard InChI is InChI=1S/C14H18N2O4S/c1-19-7-8(17)6-16-14(18)13-12(15)10-4-3-9(20-2)5-11(10)21-13/h3-5,8,17H,6-7,15H2,1-2H3,(H,16,18). The smallest absolute Gasteiger partial charge is 0.263 e. The highest BCUT2D eigenvalue weighted by atomic mass is 32.1. The largest absolute Gasteiger partial charge is 0.497 e. The van der Waals surface area contributed by atoms with E-state index in [1.54, 1.807) is 13.2 Å². The number of thiophene rings is 1. The maximum atomic E-state index is 12.1. The molecule has 0 fully saturated rings. The Kier molecular flexibility index (Phi) is 5.00. The van der Waals surface area contributed by atoms with Crippen molar-refractivity contribution in [2.75, 3.05) is 33.1 Å². The highest BCUT2D eigenvalue weighted by Crippen LogP contribution is 2.35. The first-order chi connectivity index (χ1) is 10.1. The first kappa shape index (κ1) is 15.6. The fraction of sp³-hybridized carbons (Fsp3) is 0.357. The summed E-state index contributed by atoms with van der Waals surface area (Å²) < 4.78 is 10.8. The summed E-state index contributed by atoms with van der Waals surface area (Å²) in [7, 11) is 3.07. The van der Waals surface area contributed by atoms with E-state index in [0.29, 0.717) is 16.3 Å². The van der Waals surface area contributed by atoms with E-state index in [1.165, 1.54) is 18.4 Å². The topological polar surface area (TPSA) is 93.8 Å². The summed E-state index contributed by atoms with van der Waals surface area (Å²) in [5, 5.41) is 13.0. The van der Waals surface area contributed by atoms with Gasteiger partial charge in [-0.2, -0.15) is 0 Å².